The number of aliphatic hydroxyl groups is 2. The molecule has 3 amide bonds. The summed E-state index contributed by atoms with van der Waals surface area (Å²) in [6.07, 6.45) is -0.346. The van der Waals surface area contributed by atoms with Gasteiger partial charge in [-0.3, -0.25) is 14.4 Å². The van der Waals surface area contributed by atoms with E-state index >= 15 is 0 Å². The molecule has 8 heteroatoms. The summed E-state index contributed by atoms with van der Waals surface area (Å²) in [6, 6.07) is 23.7. The largest absolute Gasteiger partial charge is 0.390 e. The van der Waals surface area contributed by atoms with Gasteiger partial charge in [0.2, 0.25) is 11.8 Å². The Bertz CT molecular complexity index is 1410. The van der Waals surface area contributed by atoms with Crippen LogP contribution >= 0.6 is 0 Å². The molecule has 1 aliphatic carbocycles. The van der Waals surface area contributed by atoms with Gasteiger partial charge in [0.25, 0.3) is 5.91 Å². The van der Waals surface area contributed by atoms with Crippen molar-refractivity contribution in [1.82, 2.24) is 15.5 Å². The first kappa shape index (κ1) is 29.5. The zero-order valence-electron chi connectivity index (χ0n) is 23.9. The van der Waals surface area contributed by atoms with E-state index in [9.17, 15) is 24.6 Å². The highest BCUT2D eigenvalue weighted by Gasteiger charge is 2.39. The van der Waals surface area contributed by atoms with Gasteiger partial charge in [-0.2, -0.15) is 0 Å². The van der Waals surface area contributed by atoms with Crippen LogP contribution in [0.3, 0.4) is 0 Å². The Kier molecular flexibility index (Phi) is 9.35. The van der Waals surface area contributed by atoms with E-state index in [1.54, 1.807) is 0 Å². The summed E-state index contributed by atoms with van der Waals surface area (Å²) in [5.74, 6) is -1.84. The number of rotatable bonds is 10. The fourth-order valence-electron chi connectivity index (χ4n) is 6.17. The molecule has 4 N–H and O–H groups in total. The van der Waals surface area contributed by atoms with Gasteiger partial charge in [-0.05, 0) is 60.4 Å². The molecule has 0 bridgehead atoms. The van der Waals surface area contributed by atoms with Gasteiger partial charge in [0.05, 0.1) is 12.1 Å². The maximum atomic E-state index is 13.6. The number of hydrogen-bond donors (Lipinski definition) is 4. The van der Waals surface area contributed by atoms with E-state index in [1.165, 1.54) is 4.90 Å². The lowest BCUT2D eigenvalue weighted by Gasteiger charge is -2.28. The van der Waals surface area contributed by atoms with E-state index in [0.29, 0.717) is 38.8 Å². The van der Waals surface area contributed by atoms with Crippen molar-refractivity contribution in [3.63, 3.8) is 0 Å². The number of aryl methyl sites for hydroxylation is 1. The summed E-state index contributed by atoms with van der Waals surface area (Å²) in [5, 5.41) is 27.8. The molecule has 3 aromatic rings. The van der Waals surface area contributed by atoms with Crippen molar-refractivity contribution in [3.8, 4) is 0 Å². The van der Waals surface area contributed by atoms with Gasteiger partial charge in [-0.25, -0.2) is 0 Å². The first-order chi connectivity index (χ1) is 20.3. The first-order valence-electron chi connectivity index (χ1n) is 14.7. The number of aliphatic hydroxyl groups excluding tert-OH is 2. The molecule has 1 fully saturated rings. The maximum Gasteiger partial charge on any atom is 0.252 e. The molecule has 1 heterocycles. The lowest BCUT2D eigenvalue weighted by molar-refractivity contribution is -0.146. The van der Waals surface area contributed by atoms with Crippen LogP contribution in [0.4, 0.5) is 0 Å². The van der Waals surface area contributed by atoms with Crippen LogP contribution in [-0.2, 0) is 33.8 Å². The number of likely N-dealkylation sites (tertiary alicyclic amines) is 1. The van der Waals surface area contributed by atoms with Crippen LogP contribution in [0.1, 0.15) is 53.1 Å². The van der Waals surface area contributed by atoms with E-state index in [-0.39, 0.29) is 18.2 Å². The third-order valence-corrected chi connectivity index (χ3v) is 8.54. The molecular formula is C34H39N3O5. The minimum Gasteiger partial charge on any atom is -0.390 e. The summed E-state index contributed by atoms with van der Waals surface area (Å²) in [7, 11) is 0. The Morgan fingerprint density at radius 1 is 0.976 bits per heavy atom. The molecule has 0 radical (unpaired) electrons. The number of nitrogens with one attached hydrogen (secondary N) is 2. The third kappa shape index (κ3) is 6.72. The molecule has 0 saturated carbocycles. The van der Waals surface area contributed by atoms with E-state index < -0.39 is 36.1 Å². The normalized spacial score (nSPS) is 20.9. The van der Waals surface area contributed by atoms with Crippen LogP contribution in [0.15, 0.2) is 78.9 Å². The van der Waals surface area contributed by atoms with Gasteiger partial charge < -0.3 is 25.7 Å². The van der Waals surface area contributed by atoms with Crippen LogP contribution < -0.4 is 10.6 Å². The second-order valence-electron chi connectivity index (χ2n) is 11.4. The van der Waals surface area contributed by atoms with Crippen LogP contribution in [0, 0.1) is 12.8 Å². The molecule has 8 nitrogen and oxygen atoms in total. The van der Waals surface area contributed by atoms with Crippen molar-refractivity contribution < 1.29 is 24.6 Å². The Hall–Kier alpha value is -4.01. The van der Waals surface area contributed by atoms with E-state index in [1.807, 2.05) is 85.8 Å². The summed E-state index contributed by atoms with van der Waals surface area (Å²) in [5.41, 5.74) is 4.85. The van der Waals surface area contributed by atoms with Gasteiger partial charge in [0, 0.05) is 25.4 Å². The highest BCUT2D eigenvalue weighted by molar-refractivity contribution is 5.90. The number of carbonyl (C=O) groups excluding carboxylic acids is 3. The molecule has 5 atom stereocenters. The van der Waals surface area contributed by atoms with Gasteiger partial charge >= 0.3 is 0 Å². The summed E-state index contributed by atoms with van der Waals surface area (Å²) >= 11 is 0. The highest BCUT2D eigenvalue weighted by Crippen LogP contribution is 2.32. The molecule has 5 rings (SSSR count). The number of amides is 3. The van der Waals surface area contributed by atoms with Crippen LogP contribution in [-0.4, -0.2) is 57.6 Å². The number of benzene rings is 3. The second-order valence-corrected chi connectivity index (χ2v) is 11.4. The first-order valence-corrected chi connectivity index (χ1v) is 14.7. The molecule has 42 heavy (non-hydrogen) atoms. The smallest absolute Gasteiger partial charge is 0.252 e. The number of nitrogens with zero attached hydrogens (tertiary/aromatic N) is 1. The molecular weight excluding hydrogens is 530 g/mol. The molecule has 3 aromatic carbocycles. The Morgan fingerprint density at radius 3 is 2.48 bits per heavy atom. The number of carbonyl (C=O) groups is 3. The summed E-state index contributed by atoms with van der Waals surface area (Å²) in [4.78, 5) is 41.7. The van der Waals surface area contributed by atoms with E-state index in [2.05, 4.69) is 10.6 Å². The minimum atomic E-state index is -1.45. The summed E-state index contributed by atoms with van der Waals surface area (Å²) in [6.45, 7) is 2.72. The highest BCUT2D eigenvalue weighted by atomic mass is 16.3. The predicted octanol–water partition coefficient (Wildman–Crippen LogP) is 2.99. The number of hydrogen-bond acceptors (Lipinski definition) is 5. The molecule has 0 spiro atoms. The molecule has 2 aliphatic rings. The zero-order valence-corrected chi connectivity index (χ0v) is 23.9. The van der Waals surface area contributed by atoms with E-state index in [0.717, 1.165) is 27.8 Å². The fraction of sp³-hybridized carbons (Fsp3) is 0.382. The average molecular weight is 570 g/mol. The summed E-state index contributed by atoms with van der Waals surface area (Å²) < 4.78 is 0. The SMILES string of the molecule is Cc1ccccc1CNC(=O)[C@@H]1CCCN1C(=O)[C@@H](O)C[C@H](Cc1ccccc1)C(=O)N[C@H]1c2ccccc2C[C@H]1O. The maximum absolute atomic E-state index is 13.6. The zero-order chi connectivity index (χ0) is 29.6. The van der Waals surface area contributed by atoms with E-state index in [4.69, 9.17) is 0 Å². The second kappa shape index (κ2) is 13.3. The Labute approximate surface area is 246 Å². The van der Waals surface area contributed by atoms with Crippen molar-refractivity contribution in [1.29, 1.82) is 0 Å². The van der Waals surface area contributed by atoms with Gasteiger partial charge in [0.1, 0.15) is 12.1 Å². The topological polar surface area (TPSA) is 119 Å². The molecule has 1 saturated heterocycles. The van der Waals surface area contributed by atoms with Gasteiger partial charge in [-0.1, -0.05) is 78.9 Å². The lowest BCUT2D eigenvalue weighted by atomic mass is 9.91. The van der Waals surface area contributed by atoms with Crippen molar-refractivity contribution in [2.45, 2.75) is 69.9 Å². The van der Waals surface area contributed by atoms with Crippen LogP contribution in [0.2, 0.25) is 0 Å². The minimum absolute atomic E-state index is 0.0991. The van der Waals surface area contributed by atoms with Crippen molar-refractivity contribution in [2.75, 3.05) is 6.54 Å². The van der Waals surface area contributed by atoms with Crippen LogP contribution in [0.5, 0.6) is 0 Å². The van der Waals surface area contributed by atoms with Crippen molar-refractivity contribution >= 4 is 17.7 Å². The third-order valence-electron chi connectivity index (χ3n) is 8.54. The van der Waals surface area contributed by atoms with Crippen molar-refractivity contribution in [3.05, 3.63) is 107 Å². The standard InChI is InChI=1S/C34H39N3O5/c1-22-10-5-6-14-25(22)21-35-33(41)28-16-9-17-37(28)34(42)30(39)20-26(18-23-11-3-2-4-12-23)32(40)36-31-27-15-8-7-13-24(27)19-29(31)38/h2-8,10-15,26,28-31,38-39H,9,16-21H2,1H3,(H,35,41)(H,36,40)/t26-,28-,29+,30-,31-/m0/s1. The molecule has 1 aliphatic heterocycles. The van der Waals surface area contributed by atoms with Gasteiger partial charge in [-0.15, -0.1) is 0 Å². The Balaban J connectivity index is 1.26. The predicted molar refractivity (Wildman–Crippen MR) is 159 cm³/mol. The molecule has 0 unspecified atom stereocenters. The quantitative estimate of drug-likeness (QED) is 0.299. The molecule has 0 aromatic heterocycles. The number of fused-ring (bicyclic) bond motifs is 1. The average Bonchev–Trinajstić information content (AvgIpc) is 3.61. The van der Waals surface area contributed by atoms with Gasteiger partial charge in [0.15, 0.2) is 0 Å². The Morgan fingerprint density at radius 2 is 1.69 bits per heavy atom. The monoisotopic (exact) mass is 569 g/mol. The fourth-order valence-corrected chi connectivity index (χ4v) is 6.17. The van der Waals surface area contributed by atoms with Crippen LogP contribution in [0.25, 0.3) is 0 Å². The lowest BCUT2D eigenvalue weighted by Crippen LogP contribution is -2.50. The molecule has 220 valence electrons. The van der Waals surface area contributed by atoms with Crippen molar-refractivity contribution in [2.24, 2.45) is 5.92 Å².